The molecule has 2 N–H and O–H groups in total. The van der Waals surface area contributed by atoms with Crippen molar-refractivity contribution in [1.82, 2.24) is 9.97 Å². The van der Waals surface area contributed by atoms with E-state index in [0.29, 0.717) is 10.1 Å². The van der Waals surface area contributed by atoms with E-state index < -0.39 is 5.97 Å². The van der Waals surface area contributed by atoms with Gasteiger partial charge < -0.3 is 10.1 Å². The van der Waals surface area contributed by atoms with E-state index in [1.807, 2.05) is 0 Å². The van der Waals surface area contributed by atoms with Crippen LogP contribution in [0.1, 0.15) is 10.4 Å². The molecule has 1 aromatic heterocycles. The van der Waals surface area contributed by atoms with Crippen molar-refractivity contribution in [2.75, 3.05) is 0 Å². The van der Waals surface area contributed by atoms with E-state index in [9.17, 15) is 9.59 Å². The maximum Gasteiger partial charge on any atom is 0.336 e. The minimum atomic E-state index is -1.02. The molecular formula is C11H7BrN2O3S. The Bertz CT molecular complexity index is 657. The second kappa shape index (κ2) is 5.36. The third-order valence-corrected chi connectivity index (χ3v) is 3.48. The van der Waals surface area contributed by atoms with Crippen molar-refractivity contribution in [1.29, 1.82) is 0 Å². The molecule has 0 bridgehead atoms. The number of carboxylic acids is 1. The highest BCUT2D eigenvalue weighted by Crippen LogP contribution is 2.30. The summed E-state index contributed by atoms with van der Waals surface area (Å²) in [4.78, 5) is 29.2. The molecule has 2 aromatic rings. The number of nitrogens with one attached hydrogen (secondary N) is 1. The Morgan fingerprint density at radius 1 is 1.39 bits per heavy atom. The van der Waals surface area contributed by atoms with Crippen LogP contribution in [0, 0.1) is 0 Å². The molecule has 2 rings (SSSR count). The summed E-state index contributed by atoms with van der Waals surface area (Å²) in [5.74, 6) is -1.02. The van der Waals surface area contributed by atoms with Crippen molar-refractivity contribution in [3.05, 3.63) is 50.9 Å². The van der Waals surface area contributed by atoms with Crippen molar-refractivity contribution in [2.24, 2.45) is 0 Å². The van der Waals surface area contributed by atoms with Gasteiger partial charge in [0, 0.05) is 21.6 Å². The SMILES string of the molecule is O=C(O)c1ccc(Br)cc1Sc1nccc(=O)[nH]1. The lowest BCUT2D eigenvalue weighted by atomic mass is 10.2. The number of aromatic nitrogens is 2. The average Bonchev–Trinajstić information content (AvgIpc) is 2.28. The van der Waals surface area contributed by atoms with Gasteiger partial charge in [0.15, 0.2) is 5.16 Å². The maximum absolute atomic E-state index is 11.1. The molecule has 7 heteroatoms. The Labute approximate surface area is 114 Å². The highest BCUT2D eigenvalue weighted by molar-refractivity contribution is 9.10. The Kier molecular flexibility index (Phi) is 3.83. The highest BCUT2D eigenvalue weighted by Gasteiger charge is 2.12. The van der Waals surface area contributed by atoms with Gasteiger partial charge in [0.25, 0.3) is 5.56 Å². The maximum atomic E-state index is 11.1. The van der Waals surface area contributed by atoms with Crippen molar-refractivity contribution in [3.63, 3.8) is 0 Å². The summed E-state index contributed by atoms with van der Waals surface area (Å²) in [6, 6.07) is 6.11. The molecule has 0 unspecified atom stereocenters. The topological polar surface area (TPSA) is 83.0 Å². The van der Waals surface area contributed by atoms with Gasteiger partial charge in [-0.25, -0.2) is 9.78 Å². The predicted molar refractivity (Wildman–Crippen MR) is 70.1 cm³/mol. The zero-order valence-electron chi connectivity index (χ0n) is 8.88. The van der Waals surface area contributed by atoms with Gasteiger partial charge in [0.2, 0.25) is 0 Å². The summed E-state index contributed by atoms with van der Waals surface area (Å²) >= 11 is 4.37. The van der Waals surface area contributed by atoms with Crippen molar-refractivity contribution in [3.8, 4) is 0 Å². The van der Waals surface area contributed by atoms with E-state index in [1.165, 1.54) is 18.3 Å². The predicted octanol–water partition coefficient (Wildman–Crippen LogP) is 2.38. The molecule has 0 amide bonds. The van der Waals surface area contributed by atoms with Crippen LogP contribution in [0.2, 0.25) is 0 Å². The number of rotatable bonds is 3. The Balaban J connectivity index is 2.42. The molecule has 1 heterocycles. The molecule has 0 saturated heterocycles. The van der Waals surface area contributed by atoms with E-state index in [-0.39, 0.29) is 11.1 Å². The first-order valence-corrected chi connectivity index (χ1v) is 6.43. The second-order valence-electron chi connectivity index (χ2n) is 3.29. The first kappa shape index (κ1) is 12.8. The summed E-state index contributed by atoms with van der Waals surface area (Å²) < 4.78 is 0.758. The molecule has 0 aliphatic heterocycles. The van der Waals surface area contributed by atoms with E-state index in [1.54, 1.807) is 12.1 Å². The van der Waals surface area contributed by atoms with Gasteiger partial charge in [-0.1, -0.05) is 27.7 Å². The molecule has 1 aromatic carbocycles. The lowest BCUT2D eigenvalue weighted by molar-refractivity contribution is 0.0693. The summed E-state index contributed by atoms with van der Waals surface area (Å²) in [5.41, 5.74) is -0.117. The van der Waals surface area contributed by atoms with Crippen LogP contribution in [-0.2, 0) is 0 Å². The van der Waals surface area contributed by atoms with Crippen LogP contribution in [-0.4, -0.2) is 21.0 Å². The van der Waals surface area contributed by atoms with Crippen LogP contribution in [0.15, 0.2) is 49.8 Å². The monoisotopic (exact) mass is 326 g/mol. The molecule has 0 fully saturated rings. The van der Waals surface area contributed by atoms with Crippen LogP contribution < -0.4 is 5.56 Å². The van der Waals surface area contributed by atoms with Gasteiger partial charge in [-0.2, -0.15) is 0 Å². The molecule has 0 spiro atoms. The molecule has 0 aliphatic carbocycles. The molecule has 0 atom stereocenters. The Hall–Kier alpha value is -1.60. The van der Waals surface area contributed by atoms with Gasteiger partial charge in [-0.15, -0.1) is 0 Å². The molecule has 18 heavy (non-hydrogen) atoms. The lowest BCUT2D eigenvalue weighted by Crippen LogP contribution is -2.06. The van der Waals surface area contributed by atoms with Crippen LogP contribution in [0.4, 0.5) is 0 Å². The van der Waals surface area contributed by atoms with E-state index in [0.717, 1.165) is 16.2 Å². The van der Waals surface area contributed by atoms with Crippen LogP contribution in [0.25, 0.3) is 0 Å². The van der Waals surface area contributed by atoms with Crippen LogP contribution in [0.5, 0.6) is 0 Å². The number of nitrogens with zero attached hydrogens (tertiary/aromatic N) is 1. The van der Waals surface area contributed by atoms with Gasteiger partial charge in [-0.3, -0.25) is 4.79 Å². The number of H-pyrrole nitrogens is 1. The Morgan fingerprint density at radius 2 is 2.17 bits per heavy atom. The first-order chi connectivity index (χ1) is 8.56. The van der Waals surface area contributed by atoms with Gasteiger partial charge in [0.05, 0.1) is 5.56 Å². The number of halogens is 1. The van der Waals surface area contributed by atoms with Crippen LogP contribution in [0.3, 0.4) is 0 Å². The van der Waals surface area contributed by atoms with Crippen molar-refractivity contribution >= 4 is 33.7 Å². The molecule has 0 saturated carbocycles. The van der Waals surface area contributed by atoms with Gasteiger partial charge >= 0.3 is 5.97 Å². The number of carbonyl (C=O) groups is 1. The molecule has 0 aliphatic rings. The quantitative estimate of drug-likeness (QED) is 0.846. The van der Waals surface area contributed by atoms with Crippen molar-refractivity contribution < 1.29 is 9.90 Å². The number of benzene rings is 1. The molecular weight excluding hydrogens is 320 g/mol. The zero-order valence-corrected chi connectivity index (χ0v) is 11.3. The standard InChI is InChI=1S/C11H7BrN2O3S/c12-6-1-2-7(10(16)17)8(5-6)18-11-13-4-3-9(15)14-11/h1-5H,(H,16,17)(H,13,14,15). The highest BCUT2D eigenvalue weighted by atomic mass is 79.9. The summed E-state index contributed by atoms with van der Waals surface area (Å²) in [7, 11) is 0. The third-order valence-electron chi connectivity index (χ3n) is 2.03. The minimum Gasteiger partial charge on any atom is -0.478 e. The largest absolute Gasteiger partial charge is 0.478 e. The molecule has 0 radical (unpaired) electrons. The molecule has 92 valence electrons. The number of aromatic amines is 1. The Morgan fingerprint density at radius 3 is 2.83 bits per heavy atom. The fourth-order valence-electron chi connectivity index (χ4n) is 1.27. The number of carboxylic acid groups (broad SMARTS) is 1. The third kappa shape index (κ3) is 2.99. The summed E-state index contributed by atoms with van der Waals surface area (Å²) in [6.07, 6.45) is 1.37. The van der Waals surface area contributed by atoms with E-state index in [4.69, 9.17) is 5.11 Å². The second-order valence-corrected chi connectivity index (χ2v) is 5.23. The fourth-order valence-corrected chi connectivity index (χ4v) is 2.70. The van der Waals surface area contributed by atoms with E-state index >= 15 is 0 Å². The van der Waals surface area contributed by atoms with Gasteiger partial charge in [-0.05, 0) is 18.2 Å². The van der Waals surface area contributed by atoms with Gasteiger partial charge in [0.1, 0.15) is 0 Å². The van der Waals surface area contributed by atoms with Crippen LogP contribution >= 0.6 is 27.7 Å². The summed E-state index contributed by atoms with van der Waals surface area (Å²) in [6.45, 7) is 0. The smallest absolute Gasteiger partial charge is 0.336 e. The summed E-state index contributed by atoms with van der Waals surface area (Å²) in [5, 5.41) is 9.42. The zero-order chi connectivity index (χ0) is 13.1. The lowest BCUT2D eigenvalue weighted by Gasteiger charge is -2.05. The number of hydrogen-bond donors (Lipinski definition) is 2. The van der Waals surface area contributed by atoms with E-state index in [2.05, 4.69) is 25.9 Å². The average molecular weight is 327 g/mol. The normalized spacial score (nSPS) is 10.3. The first-order valence-electron chi connectivity index (χ1n) is 4.82. The fraction of sp³-hybridized carbons (Fsp3) is 0. The number of hydrogen-bond acceptors (Lipinski definition) is 4. The molecule has 5 nitrogen and oxygen atoms in total. The number of aromatic carboxylic acids is 1. The van der Waals surface area contributed by atoms with Crippen molar-refractivity contribution in [2.45, 2.75) is 10.1 Å². The minimum absolute atomic E-state index is 0.162.